The van der Waals surface area contributed by atoms with E-state index in [0.29, 0.717) is 0 Å². The number of rotatable bonds is 4. The average Bonchev–Trinajstić information content (AvgIpc) is 2.78. The molecule has 176 valence electrons. The molecule has 2 unspecified atom stereocenters. The van der Waals surface area contributed by atoms with Crippen LogP contribution in [0.15, 0.2) is 30.5 Å². The first-order valence-electron chi connectivity index (χ1n) is 9.83. The molecule has 2 fully saturated rings. The molecular formula is C20H21F2N5O5S. The Labute approximate surface area is 188 Å². The van der Waals surface area contributed by atoms with Gasteiger partial charge >= 0.3 is 0 Å². The van der Waals surface area contributed by atoms with Gasteiger partial charge in [0.05, 0.1) is 19.9 Å². The lowest BCUT2D eigenvalue weighted by Gasteiger charge is -2.50. The van der Waals surface area contributed by atoms with E-state index in [-0.39, 0.29) is 36.6 Å². The molecule has 0 saturated carbocycles. The number of nitrogens with zero attached hydrogens (tertiary/aromatic N) is 2. The van der Waals surface area contributed by atoms with E-state index in [4.69, 9.17) is 14.9 Å². The summed E-state index contributed by atoms with van der Waals surface area (Å²) in [6, 6.07) is 4.55. The second-order valence-corrected chi connectivity index (χ2v) is 9.79. The molecule has 13 heteroatoms. The lowest BCUT2D eigenvalue weighted by molar-refractivity contribution is 0.0237. The molecule has 0 aliphatic carbocycles. The number of hydrogen-bond donors (Lipinski definition) is 3. The summed E-state index contributed by atoms with van der Waals surface area (Å²) in [6.07, 6.45) is 1.25. The lowest BCUT2D eigenvalue weighted by atomic mass is 9.83. The Kier molecular flexibility index (Phi) is 5.70. The minimum absolute atomic E-state index is 0.0734. The molecule has 2 aromatic rings. The fraction of sp³-hybridized carbons (Fsp3) is 0.350. The summed E-state index contributed by atoms with van der Waals surface area (Å²) in [5, 5.41) is 12.2. The number of anilines is 1. The highest BCUT2D eigenvalue weighted by Crippen LogP contribution is 2.41. The van der Waals surface area contributed by atoms with Crippen molar-refractivity contribution in [2.45, 2.75) is 17.2 Å². The molecule has 0 spiro atoms. The number of nitrogens with one attached hydrogen (secondary N) is 3. The highest BCUT2D eigenvalue weighted by atomic mass is 32.2. The van der Waals surface area contributed by atoms with Crippen molar-refractivity contribution in [1.82, 2.24) is 14.6 Å². The van der Waals surface area contributed by atoms with Gasteiger partial charge in [-0.3, -0.25) is 10.2 Å². The number of sulfonamides is 1. The van der Waals surface area contributed by atoms with E-state index < -0.39 is 50.0 Å². The third-order valence-electron chi connectivity index (χ3n) is 5.77. The summed E-state index contributed by atoms with van der Waals surface area (Å²) < 4.78 is 66.5. The van der Waals surface area contributed by atoms with Crippen LogP contribution < -0.4 is 15.4 Å². The van der Waals surface area contributed by atoms with E-state index in [0.717, 1.165) is 16.4 Å². The Hall–Kier alpha value is -3.32. The maximum absolute atomic E-state index is 15.0. The average molecular weight is 481 g/mol. The number of ether oxygens (including phenoxy) is 2. The van der Waals surface area contributed by atoms with E-state index in [1.165, 1.54) is 32.5 Å². The van der Waals surface area contributed by atoms with Crippen LogP contribution in [-0.2, 0) is 20.3 Å². The molecule has 3 N–H and O–H groups in total. The monoisotopic (exact) mass is 481 g/mol. The predicted molar refractivity (Wildman–Crippen MR) is 114 cm³/mol. The van der Waals surface area contributed by atoms with Crippen LogP contribution in [0.5, 0.6) is 5.75 Å². The summed E-state index contributed by atoms with van der Waals surface area (Å²) in [4.78, 5) is 16.3. The van der Waals surface area contributed by atoms with Gasteiger partial charge in [0.1, 0.15) is 22.4 Å². The van der Waals surface area contributed by atoms with Crippen LogP contribution in [0.3, 0.4) is 0 Å². The van der Waals surface area contributed by atoms with Crippen LogP contribution in [-0.4, -0.2) is 62.2 Å². The van der Waals surface area contributed by atoms with Crippen LogP contribution in [0.4, 0.5) is 14.5 Å². The Bertz CT molecular complexity index is 1240. The molecule has 10 nitrogen and oxygen atoms in total. The summed E-state index contributed by atoms with van der Waals surface area (Å²) in [5.74, 6) is -2.86. The first-order valence-corrected chi connectivity index (χ1v) is 11.3. The largest absolute Gasteiger partial charge is 0.495 e. The van der Waals surface area contributed by atoms with Crippen molar-refractivity contribution in [1.29, 1.82) is 5.41 Å². The van der Waals surface area contributed by atoms with E-state index in [2.05, 4.69) is 15.6 Å². The number of guanidine groups is 1. The van der Waals surface area contributed by atoms with Crippen molar-refractivity contribution in [3.63, 3.8) is 0 Å². The Morgan fingerprint density at radius 1 is 1.36 bits per heavy atom. The van der Waals surface area contributed by atoms with Crippen molar-refractivity contribution >= 4 is 27.6 Å². The lowest BCUT2D eigenvalue weighted by Crippen LogP contribution is -2.70. The van der Waals surface area contributed by atoms with Gasteiger partial charge in [-0.15, -0.1) is 0 Å². The second kappa shape index (κ2) is 8.23. The van der Waals surface area contributed by atoms with Crippen molar-refractivity contribution in [2.24, 2.45) is 0 Å². The van der Waals surface area contributed by atoms with Gasteiger partial charge < -0.3 is 20.1 Å². The summed E-state index contributed by atoms with van der Waals surface area (Å²) in [6.45, 7) is -0.0644. The van der Waals surface area contributed by atoms with Gasteiger partial charge in [0, 0.05) is 31.0 Å². The molecular weight excluding hydrogens is 460 g/mol. The van der Waals surface area contributed by atoms with Gasteiger partial charge in [0.15, 0.2) is 11.5 Å². The molecule has 2 atom stereocenters. The highest BCUT2D eigenvalue weighted by Gasteiger charge is 2.57. The fourth-order valence-corrected chi connectivity index (χ4v) is 5.88. The van der Waals surface area contributed by atoms with Gasteiger partial charge in [-0.05, 0) is 24.6 Å². The zero-order valence-electron chi connectivity index (χ0n) is 17.7. The first kappa shape index (κ1) is 22.9. The van der Waals surface area contributed by atoms with E-state index in [1.807, 2.05) is 0 Å². The molecule has 33 heavy (non-hydrogen) atoms. The maximum atomic E-state index is 15.0. The predicted octanol–water partition coefficient (Wildman–Crippen LogP) is 1.40. The van der Waals surface area contributed by atoms with Crippen LogP contribution in [0, 0.1) is 17.0 Å². The highest BCUT2D eigenvalue weighted by molar-refractivity contribution is 7.90. The van der Waals surface area contributed by atoms with Gasteiger partial charge in [-0.1, -0.05) is 0 Å². The number of amides is 1. The minimum atomic E-state index is -3.99. The fourth-order valence-electron chi connectivity index (χ4n) is 4.04. The zero-order chi connectivity index (χ0) is 24.0. The van der Waals surface area contributed by atoms with Gasteiger partial charge in [0.2, 0.25) is 16.0 Å². The molecule has 2 saturated heterocycles. The second-order valence-electron chi connectivity index (χ2n) is 7.64. The smallest absolute Gasteiger partial charge is 0.277 e. The maximum Gasteiger partial charge on any atom is 0.277 e. The molecule has 2 aliphatic rings. The van der Waals surface area contributed by atoms with E-state index in [9.17, 15) is 17.6 Å². The molecule has 0 bridgehead atoms. The molecule has 0 radical (unpaired) electrons. The summed E-state index contributed by atoms with van der Waals surface area (Å²) in [5.41, 5.74) is -2.11. The summed E-state index contributed by atoms with van der Waals surface area (Å²) in [7, 11) is -1.41. The number of pyridine rings is 1. The normalized spacial score (nSPS) is 23.9. The Balaban J connectivity index is 1.72. The van der Waals surface area contributed by atoms with Crippen LogP contribution in [0.2, 0.25) is 0 Å². The summed E-state index contributed by atoms with van der Waals surface area (Å²) >= 11 is 0. The third kappa shape index (κ3) is 3.76. The van der Waals surface area contributed by atoms with Gasteiger partial charge in [-0.2, -0.15) is 0 Å². The molecule has 1 aromatic carbocycles. The number of carbonyl (C=O) groups excluding carboxylic acids is 1. The molecule has 3 heterocycles. The van der Waals surface area contributed by atoms with Crippen LogP contribution in [0.1, 0.15) is 22.5 Å². The topological polar surface area (TPSA) is 134 Å². The Morgan fingerprint density at radius 3 is 2.82 bits per heavy atom. The van der Waals surface area contributed by atoms with Gasteiger partial charge in [-0.25, -0.2) is 26.5 Å². The number of fused-ring (bicyclic) bond motifs is 1. The number of carbonyl (C=O) groups is 1. The first-order chi connectivity index (χ1) is 15.6. The zero-order valence-corrected chi connectivity index (χ0v) is 18.5. The molecule has 4 rings (SSSR count). The van der Waals surface area contributed by atoms with Crippen molar-refractivity contribution < 1.29 is 31.5 Å². The molecule has 1 aromatic heterocycles. The number of methoxy groups -OCH3 is 1. The molecule has 1 amide bonds. The quantitative estimate of drug-likeness (QED) is 0.601. The Morgan fingerprint density at radius 2 is 2.12 bits per heavy atom. The number of benzene rings is 1. The standard InChI is InChI=1S/C20H21F2N5O5S/c1-27-19(23)26-20(10-32-6-5-16(20)33(27,29)30)13-7-11(3-4-14(13)21)25-18(28)17-15(22)8-12(31-2)9-24-17/h3-4,7-9,16H,5-6,10H2,1-2H3,(H2,23,26)(H,25,28). The van der Waals surface area contributed by atoms with Crippen LogP contribution in [0.25, 0.3) is 0 Å². The van der Waals surface area contributed by atoms with Crippen molar-refractivity contribution in [2.75, 3.05) is 32.7 Å². The van der Waals surface area contributed by atoms with Crippen LogP contribution >= 0.6 is 0 Å². The van der Waals surface area contributed by atoms with Crippen molar-refractivity contribution in [3.05, 3.63) is 53.4 Å². The minimum Gasteiger partial charge on any atom is -0.495 e. The van der Waals surface area contributed by atoms with E-state index >= 15 is 4.39 Å². The number of aromatic nitrogens is 1. The van der Waals surface area contributed by atoms with Crippen molar-refractivity contribution in [3.8, 4) is 5.75 Å². The van der Waals surface area contributed by atoms with E-state index in [1.54, 1.807) is 0 Å². The SMILES string of the molecule is COc1cnc(C(=O)Nc2ccc(F)c(C34COCCC3S(=O)(=O)N(C)C(=N)N4)c2)c(F)c1. The number of halogens is 2. The number of hydrogen-bond acceptors (Lipinski definition) is 7. The third-order valence-corrected chi connectivity index (χ3v) is 8.08. The molecule has 2 aliphatic heterocycles. The van der Waals surface area contributed by atoms with Gasteiger partial charge in [0.25, 0.3) is 5.91 Å².